The highest BCUT2D eigenvalue weighted by Crippen LogP contribution is 2.18. The zero-order valence-electron chi connectivity index (χ0n) is 9.48. The number of thiazole rings is 1. The van der Waals surface area contributed by atoms with Gasteiger partial charge in [-0.15, -0.1) is 11.3 Å². The number of likely N-dealkylation sites (tertiary alicyclic amines) is 1. The highest BCUT2D eigenvalue weighted by molar-refractivity contribution is 7.09. The third-order valence-electron chi connectivity index (χ3n) is 2.89. The first-order valence-electron chi connectivity index (χ1n) is 5.64. The van der Waals surface area contributed by atoms with E-state index >= 15 is 0 Å². The van der Waals surface area contributed by atoms with Gasteiger partial charge in [0.15, 0.2) is 0 Å². The Hall–Kier alpha value is -0.940. The van der Waals surface area contributed by atoms with Crippen molar-refractivity contribution >= 4 is 17.2 Å². The van der Waals surface area contributed by atoms with Crippen LogP contribution < -0.4 is 5.73 Å². The van der Waals surface area contributed by atoms with E-state index in [4.69, 9.17) is 5.73 Å². The molecule has 0 bridgehead atoms. The second-order valence-electron chi connectivity index (χ2n) is 4.33. The van der Waals surface area contributed by atoms with E-state index in [0.717, 1.165) is 24.5 Å². The molecule has 1 atom stereocenters. The van der Waals surface area contributed by atoms with Crippen LogP contribution in [0.1, 0.15) is 35.3 Å². The quantitative estimate of drug-likeness (QED) is 0.850. The Kier molecular flexibility index (Phi) is 3.56. The Balaban J connectivity index is 2.06. The first-order valence-corrected chi connectivity index (χ1v) is 6.52. The molecule has 1 aromatic rings. The summed E-state index contributed by atoms with van der Waals surface area (Å²) in [6.45, 7) is 4.31. The Bertz CT molecular complexity index is 377. The summed E-state index contributed by atoms with van der Waals surface area (Å²) >= 11 is 1.46. The topological polar surface area (TPSA) is 59.2 Å². The molecular formula is C11H17N3OS. The largest absolute Gasteiger partial charge is 0.337 e. The number of hydrogen-bond acceptors (Lipinski definition) is 4. The second kappa shape index (κ2) is 4.93. The number of carbonyl (C=O) groups is 1. The van der Waals surface area contributed by atoms with E-state index in [1.807, 2.05) is 10.3 Å². The lowest BCUT2D eigenvalue weighted by molar-refractivity contribution is 0.0677. The lowest BCUT2D eigenvalue weighted by atomic mass is 10.0. The number of amides is 1. The molecule has 0 aromatic carbocycles. The molecule has 1 saturated heterocycles. The molecule has 0 saturated carbocycles. The molecule has 1 aliphatic rings. The molecule has 5 heteroatoms. The summed E-state index contributed by atoms with van der Waals surface area (Å²) in [6, 6.07) is 0. The lowest BCUT2D eigenvalue weighted by Gasteiger charge is -2.30. The van der Waals surface area contributed by atoms with Gasteiger partial charge in [-0.1, -0.05) is 6.92 Å². The Morgan fingerprint density at radius 2 is 2.56 bits per heavy atom. The van der Waals surface area contributed by atoms with Gasteiger partial charge in [0.1, 0.15) is 10.7 Å². The summed E-state index contributed by atoms with van der Waals surface area (Å²) in [7, 11) is 0. The van der Waals surface area contributed by atoms with Gasteiger partial charge in [-0.25, -0.2) is 4.98 Å². The highest BCUT2D eigenvalue weighted by Gasteiger charge is 2.23. The summed E-state index contributed by atoms with van der Waals surface area (Å²) < 4.78 is 0. The zero-order valence-corrected chi connectivity index (χ0v) is 10.3. The number of rotatable bonds is 2. The van der Waals surface area contributed by atoms with Crippen LogP contribution in [0.4, 0.5) is 0 Å². The van der Waals surface area contributed by atoms with Crippen LogP contribution in [0.5, 0.6) is 0 Å². The second-order valence-corrected chi connectivity index (χ2v) is 5.27. The van der Waals surface area contributed by atoms with Crippen molar-refractivity contribution in [2.45, 2.75) is 26.3 Å². The molecule has 2 rings (SSSR count). The van der Waals surface area contributed by atoms with E-state index in [1.165, 1.54) is 17.8 Å². The molecule has 16 heavy (non-hydrogen) atoms. The van der Waals surface area contributed by atoms with Crippen LogP contribution in [-0.4, -0.2) is 28.9 Å². The molecule has 2 heterocycles. The maximum atomic E-state index is 12.1. The fourth-order valence-electron chi connectivity index (χ4n) is 2.04. The van der Waals surface area contributed by atoms with Gasteiger partial charge in [0.05, 0.1) is 0 Å². The van der Waals surface area contributed by atoms with Crippen molar-refractivity contribution in [2.75, 3.05) is 13.1 Å². The smallest absolute Gasteiger partial charge is 0.273 e. The highest BCUT2D eigenvalue weighted by atomic mass is 32.1. The number of nitrogens with zero attached hydrogens (tertiary/aromatic N) is 2. The van der Waals surface area contributed by atoms with Crippen LogP contribution >= 0.6 is 11.3 Å². The van der Waals surface area contributed by atoms with E-state index in [0.29, 0.717) is 18.2 Å². The fraction of sp³-hybridized carbons (Fsp3) is 0.636. The molecule has 1 aliphatic heterocycles. The van der Waals surface area contributed by atoms with Crippen LogP contribution in [0.3, 0.4) is 0 Å². The molecule has 1 unspecified atom stereocenters. The van der Waals surface area contributed by atoms with Gasteiger partial charge in [0.2, 0.25) is 0 Å². The van der Waals surface area contributed by atoms with E-state index in [1.54, 1.807) is 0 Å². The van der Waals surface area contributed by atoms with Crippen molar-refractivity contribution in [3.05, 3.63) is 16.1 Å². The van der Waals surface area contributed by atoms with Gasteiger partial charge >= 0.3 is 0 Å². The molecular weight excluding hydrogens is 222 g/mol. The number of carbonyl (C=O) groups excluding carboxylic acids is 1. The van der Waals surface area contributed by atoms with Gasteiger partial charge in [-0.3, -0.25) is 4.79 Å². The van der Waals surface area contributed by atoms with Crippen molar-refractivity contribution in [3.63, 3.8) is 0 Å². The zero-order chi connectivity index (χ0) is 11.5. The first kappa shape index (κ1) is 11.5. The summed E-state index contributed by atoms with van der Waals surface area (Å²) in [4.78, 5) is 18.2. The maximum absolute atomic E-state index is 12.1. The fourth-order valence-corrected chi connectivity index (χ4v) is 2.69. The predicted octanol–water partition coefficient (Wildman–Crippen LogP) is 1.47. The van der Waals surface area contributed by atoms with Gasteiger partial charge in [0.25, 0.3) is 5.91 Å². The normalized spacial score (nSPS) is 21.1. The Morgan fingerprint density at radius 3 is 3.19 bits per heavy atom. The molecule has 1 aromatic heterocycles. The Labute approximate surface area is 99.5 Å². The molecule has 4 nitrogen and oxygen atoms in total. The summed E-state index contributed by atoms with van der Waals surface area (Å²) in [6.07, 6.45) is 2.32. The van der Waals surface area contributed by atoms with Gasteiger partial charge in [-0.2, -0.15) is 0 Å². The average molecular weight is 239 g/mol. The van der Waals surface area contributed by atoms with Crippen molar-refractivity contribution < 1.29 is 4.79 Å². The molecule has 1 fully saturated rings. The molecule has 2 N–H and O–H groups in total. The molecule has 0 spiro atoms. The van der Waals surface area contributed by atoms with Crippen molar-refractivity contribution in [1.82, 2.24) is 9.88 Å². The van der Waals surface area contributed by atoms with E-state index in [2.05, 4.69) is 11.9 Å². The number of hydrogen-bond donors (Lipinski definition) is 1. The summed E-state index contributed by atoms with van der Waals surface area (Å²) in [5.41, 5.74) is 6.04. The third kappa shape index (κ3) is 2.41. The van der Waals surface area contributed by atoms with Crippen LogP contribution in [0.15, 0.2) is 5.38 Å². The maximum Gasteiger partial charge on any atom is 0.273 e. The number of piperidine rings is 1. The minimum Gasteiger partial charge on any atom is -0.337 e. The van der Waals surface area contributed by atoms with E-state index in [-0.39, 0.29) is 5.91 Å². The summed E-state index contributed by atoms with van der Waals surface area (Å²) in [5, 5.41) is 2.64. The molecule has 1 amide bonds. The minimum absolute atomic E-state index is 0.0579. The van der Waals surface area contributed by atoms with Crippen molar-refractivity contribution in [1.29, 1.82) is 0 Å². The molecule has 88 valence electrons. The monoisotopic (exact) mass is 239 g/mol. The van der Waals surface area contributed by atoms with Crippen LogP contribution in [0.25, 0.3) is 0 Å². The first-order chi connectivity index (χ1) is 7.70. The predicted molar refractivity (Wildman–Crippen MR) is 64.3 cm³/mol. The van der Waals surface area contributed by atoms with Crippen molar-refractivity contribution in [2.24, 2.45) is 11.7 Å². The number of aromatic nitrogens is 1. The van der Waals surface area contributed by atoms with E-state index < -0.39 is 0 Å². The van der Waals surface area contributed by atoms with Crippen molar-refractivity contribution in [3.8, 4) is 0 Å². The van der Waals surface area contributed by atoms with E-state index in [9.17, 15) is 4.79 Å². The average Bonchev–Trinajstić information content (AvgIpc) is 2.76. The standard InChI is InChI=1S/C11H17N3OS/c1-8-3-2-4-14(6-8)11(15)9-7-16-10(5-12)13-9/h7-8H,2-6,12H2,1H3. The summed E-state index contributed by atoms with van der Waals surface area (Å²) in [5.74, 6) is 0.660. The van der Waals surface area contributed by atoms with Crippen LogP contribution in [0.2, 0.25) is 0 Å². The van der Waals surface area contributed by atoms with Crippen LogP contribution in [0, 0.1) is 5.92 Å². The lowest BCUT2D eigenvalue weighted by Crippen LogP contribution is -2.39. The molecule has 0 aliphatic carbocycles. The van der Waals surface area contributed by atoms with Gasteiger partial charge < -0.3 is 10.6 Å². The minimum atomic E-state index is 0.0579. The Morgan fingerprint density at radius 1 is 1.75 bits per heavy atom. The SMILES string of the molecule is CC1CCCN(C(=O)c2csc(CN)n2)C1. The third-order valence-corrected chi connectivity index (χ3v) is 3.76. The molecule has 0 radical (unpaired) electrons. The van der Waals surface area contributed by atoms with Gasteiger partial charge in [-0.05, 0) is 18.8 Å². The van der Waals surface area contributed by atoms with Gasteiger partial charge in [0, 0.05) is 25.0 Å². The van der Waals surface area contributed by atoms with Crippen LogP contribution in [-0.2, 0) is 6.54 Å². The number of nitrogens with two attached hydrogens (primary N) is 1.